The zero-order valence-electron chi connectivity index (χ0n) is 11.8. The highest BCUT2D eigenvalue weighted by molar-refractivity contribution is 6.30. The van der Waals surface area contributed by atoms with E-state index < -0.39 is 18.8 Å². The van der Waals surface area contributed by atoms with Gasteiger partial charge >= 0.3 is 12.2 Å². The van der Waals surface area contributed by atoms with Crippen LogP contribution in [0.1, 0.15) is 5.56 Å². The van der Waals surface area contributed by atoms with Gasteiger partial charge in [0.1, 0.15) is 12.4 Å². The quantitative estimate of drug-likeness (QED) is 0.750. The van der Waals surface area contributed by atoms with E-state index in [0.29, 0.717) is 16.3 Å². The third kappa shape index (κ3) is 7.37. The van der Waals surface area contributed by atoms with Crippen LogP contribution in [-0.2, 0) is 11.3 Å². The van der Waals surface area contributed by atoms with Crippen molar-refractivity contribution >= 4 is 17.6 Å². The molecule has 1 aromatic rings. The molecular formula is C13H16ClF3N2O3. The molecule has 0 radical (unpaired) electrons. The maximum Gasteiger partial charge on any atom is 0.411 e. The number of urea groups is 1. The summed E-state index contributed by atoms with van der Waals surface area (Å²) in [5.74, 6) is 0.568. The highest BCUT2D eigenvalue weighted by atomic mass is 35.5. The van der Waals surface area contributed by atoms with Crippen molar-refractivity contribution in [2.24, 2.45) is 0 Å². The number of hydrogen-bond donors (Lipinski definition) is 2. The van der Waals surface area contributed by atoms with Crippen LogP contribution >= 0.6 is 11.6 Å². The fourth-order valence-corrected chi connectivity index (χ4v) is 1.74. The normalized spacial score (nSPS) is 11.1. The van der Waals surface area contributed by atoms with Gasteiger partial charge in [0.2, 0.25) is 0 Å². The average molecular weight is 341 g/mol. The molecule has 22 heavy (non-hydrogen) atoms. The largest absolute Gasteiger partial charge is 0.496 e. The third-order valence-corrected chi connectivity index (χ3v) is 2.71. The van der Waals surface area contributed by atoms with Gasteiger partial charge in [0, 0.05) is 23.7 Å². The first-order chi connectivity index (χ1) is 10.3. The first kappa shape index (κ1) is 18.4. The summed E-state index contributed by atoms with van der Waals surface area (Å²) in [5, 5.41) is 5.42. The second kappa shape index (κ2) is 8.70. The summed E-state index contributed by atoms with van der Waals surface area (Å²) in [4.78, 5) is 11.5. The summed E-state index contributed by atoms with van der Waals surface area (Å²) >= 11 is 5.85. The topological polar surface area (TPSA) is 59.6 Å². The van der Waals surface area contributed by atoms with Crippen molar-refractivity contribution in [1.82, 2.24) is 10.6 Å². The Kier molecular flexibility index (Phi) is 7.26. The number of ether oxygens (including phenoxy) is 2. The lowest BCUT2D eigenvalue weighted by atomic mass is 10.2. The molecule has 0 bridgehead atoms. The maximum absolute atomic E-state index is 11.8. The minimum Gasteiger partial charge on any atom is -0.496 e. The van der Waals surface area contributed by atoms with Gasteiger partial charge in [0.15, 0.2) is 0 Å². The molecule has 1 aromatic carbocycles. The lowest BCUT2D eigenvalue weighted by Gasteiger charge is -2.11. The van der Waals surface area contributed by atoms with Crippen molar-refractivity contribution in [1.29, 1.82) is 0 Å². The molecule has 2 amide bonds. The number of benzene rings is 1. The number of rotatable bonds is 7. The highest BCUT2D eigenvalue weighted by Gasteiger charge is 2.27. The van der Waals surface area contributed by atoms with Crippen molar-refractivity contribution in [3.05, 3.63) is 28.8 Å². The summed E-state index contributed by atoms with van der Waals surface area (Å²) in [6, 6.07) is 4.44. The smallest absolute Gasteiger partial charge is 0.411 e. The van der Waals surface area contributed by atoms with Gasteiger partial charge in [-0.1, -0.05) is 11.6 Å². The predicted octanol–water partition coefficient (Wildman–Crippen LogP) is 2.73. The molecule has 0 aliphatic rings. The Morgan fingerprint density at radius 3 is 2.68 bits per heavy atom. The molecule has 0 fully saturated rings. The first-order valence-corrected chi connectivity index (χ1v) is 6.68. The van der Waals surface area contributed by atoms with Gasteiger partial charge in [0.25, 0.3) is 0 Å². The molecule has 0 aliphatic carbocycles. The van der Waals surface area contributed by atoms with Crippen LogP contribution in [0.2, 0.25) is 5.02 Å². The van der Waals surface area contributed by atoms with Crippen molar-refractivity contribution in [2.45, 2.75) is 12.7 Å². The summed E-state index contributed by atoms with van der Waals surface area (Å²) in [5.41, 5.74) is 0.679. The summed E-state index contributed by atoms with van der Waals surface area (Å²) in [7, 11) is 1.49. The molecule has 0 unspecified atom stereocenters. The van der Waals surface area contributed by atoms with Crippen molar-refractivity contribution < 1.29 is 27.4 Å². The van der Waals surface area contributed by atoms with Gasteiger partial charge in [-0.3, -0.25) is 0 Å². The second-order valence-corrected chi connectivity index (χ2v) is 4.67. The van der Waals surface area contributed by atoms with E-state index in [2.05, 4.69) is 15.4 Å². The molecule has 0 aromatic heterocycles. The Morgan fingerprint density at radius 2 is 2.05 bits per heavy atom. The zero-order chi connectivity index (χ0) is 16.6. The molecule has 2 N–H and O–H groups in total. The number of nitrogens with one attached hydrogen (secondary N) is 2. The molecule has 0 saturated heterocycles. The van der Waals surface area contributed by atoms with E-state index in [1.807, 2.05) is 0 Å². The molecule has 9 heteroatoms. The van der Waals surface area contributed by atoms with E-state index in [4.69, 9.17) is 16.3 Å². The molecule has 0 aliphatic heterocycles. The van der Waals surface area contributed by atoms with E-state index >= 15 is 0 Å². The fourth-order valence-electron chi connectivity index (χ4n) is 1.55. The number of methoxy groups -OCH3 is 1. The number of amides is 2. The lowest BCUT2D eigenvalue weighted by molar-refractivity contribution is -0.173. The average Bonchev–Trinajstić information content (AvgIpc) is 2.43. The van der Waals surface area contributed by atoms with Crippen LogP contribution in [-0.4, -0.2) is 39.1 Å². The maximum atomic E-state index is 11.8. The van der Waals surface area contributed by atoms with Crippen molar-refractivity contribution in [3.8, 4) is 5.75 Å². The van der Waals surface area contributed by atoms with Gasteiger partial charge < -0.3 is 20.1 Å². The van der Waals surface area contributed by atoms with Crippen molar-refractivity contribution in [3.63, 3.8) is 0 Å². The molecule has 0 saturated carbocycles. The number of hydrogen-bond acceptors (Lipinski definition) is 3. The van der Waals surface area contributed by atoms with Crippen LogP contribution < -0.4 is 15.4 Å². The van der Waals surface area contributed by atoms with Gasteiger partial charge in [-0.05, 0) is 18.2 Å². The van der Waals surface area contributed by atoms with E-state index in [1.165, 1.54) is 7.11 Å². The molecule has 124 valence electrons. The lowest BCUT2D eigenvalue weighted by Crippen LogP contribution is -2.37. The van der Waals surface area contributed by atoms with Crippen LogP contribution in [0.3, 0.4) is 0 Å². The van der Waals surface area contributed by atoms with Gasteiger partial charge in [-0.25, -0.2) is 4.79 Å². The summed E-state index contributed by atoms with van der Waals surface area (Å²) in [6.07, 6.45) is -4.37. The molecular weight excluding hydrogens is 325 g/mol. The monoisotopic (exact) mass is 340 g/mol. The minimum atomic E-state index is -4.37. The summed E-state index contributed by atoms with van der Waals surface area (Å²) < 4.78 is 44.9. The molecule has 5 nitrogen and oxygen atoms in total. The number of carbonyl (C=O) groups is 1. The third-order valence-electron chi connectivity index (χ3n) is 2.48. The van der Waals surface area contributed by atoms with Crippen LogP contribution in [0.15, 0.2) is 18.2 Å². The predicted molar refractivity (Wildman–Crippen MR) is 75.1 cm³/mol. The Hall–Kier alpha value is -1.67. The summed E-state index contributed by atoms with van der Waals surface area (Å²) in [6.45, 7) is -1.43. The Bertz CT molecular complexity index is 498. The Labute approximate surface area is 130 Å². The second-order valence-electron chi connectivity index (χ2n) is 4.23. The standard InChI is InChI=1S/C13H16ClF3N2O3/c1-21-11-3-2-10(14)6-9(11)7-19-12(20)18-4-5-22-8-13(15,16)17/h2-3,6H,4-5,7-8H2,1H3,(H2,18,19,20). The molecule has 0 atom stereocenters. The molecule has 0 heterocycles. The van der Waals surface area contributed by atoms with E-state index in [0.717, 1.165) is 0 Å². The zero-order valence-corrected chi connectivity index (χ0v) is 12.6. The van der Waals surface area contributed by atoms with E-state index in [9.17, 15) is 18.0 Å². The fraction of sp³-hybridized carbons (Fsp3) is 0.462. The minimum absolute atomic E-state index is 0.0331. The SMILES string of the molecule is COc1ccc(Cl)cc1CNC(=O)NCCOCC(F)(F)F. The van der Waals surface area contributed by atoms with Gasteiger partial charge in [-0.15, -0.1) is 0 Å². The van der Waals surface area contributed by atoms with Crippen LogP contribution in [0.4, 0.5) is 18.0 Å². The Morgan fingerprint density at radius 1 is 1.32 bits per heavy atom. The van der Waals surface area contributed by atoms with E-state index in [-0.39, 0.29) is 19.7 Å². The van der Waals surface area contributed by atoms with Gasteiger partial charge in [0.05, 0.1) is 13.7 Å². The van der Waals surface area contributed by atoms with Crippen LogP contribution in [0.25, 0.3) is 0 Å². The Balaban J connectivity index is 2.27. The number of alkyl halides is 3. The van der Waals surface area contributed by atoms with Crippen molar-refractivity contribution in [2.75, 3.05) is 26.9 Å². The van der Waals surface area contributed by atoms with E-state index in [1.54, 1.807) is 18.2 Å². The number of carbonyl (C=O) groups excluding carboxylic acids is 1. The van der Waals surface area contributed by atoms with Crippen LogP contribution in [0, 0.1) is 0 Å². The highest BCUT2D eigenvalue weighted by Crippen LogP contribution is 2.22. The molecule has 1 rings (SSSR count). The number of halogens is 4. The van der Waals surface area contributed by atoms with Gasteiger partial charge in [-0.2, -0.15) is 13.2 Å². The van der Waals surface area contributed by atoms with Crippen LogP contribution in [0.5, 0.6) is 5.75 Å². The molecule has 0 spiro atoms. The first-order valence-electron chi connectivity index (χ1n) is 6.30.